The SMILES string of the molecule is Cc1cccc(C(=O)N2CCCCCN(C)C(=O)c3ccccc3OC[C@@H]2CC(C)C)c1. The molecule has 0 radical (unpaired) electrons. The minimum atomic E-state index is -0.0651. The van der Waals surface area contributed by atoms with Crippen LogP contribution < -0.4 is 4.74 Å². The van der Waals surface area contributed by atoms with Crippen LogP contribution in [0, 0.1) is 12.8 Å². The van der Waals surface area contributed by atoms with Gasteiger partial charge >= 0.3 is 0 Å². The summed E-state index contributed by atoms with van der Waals surface area (Å²) in [6.07, 6.45) is 3.62. The van der Waals surface area contributed by atoms with Crippen LogP contribution in [0.4, 0.5) is 0 Å². The van der Waals surface area contributed by atoms with Crippen LogP contribution in [-0.4, -0.2) is 54.4 Å². The average molecular weight is 437 g/mol. The largest absolute Gasteiger partial charge is 0.491 e. The summed E-state index contributed by atoms with van der Waals surface area (Å²) in [4.78, 5) is 30.3. The van der Waals surface area contributed by atoms with Gasteiger partial charge in [0.1, 0.15) is 12.4 Å². The fourth-order valence-electron chi connectivity index (χ4n) is 4.29. The number of ether oxygens (including phenoxy) is 1. The van der Waals surface area contributed by atoms with Gasteiger partial charge in [-0.15, -0.1) is 0 Å². The van der Waals surface area contributed by atoms with E-state index in [1.807, 2.05) is 67.4 Å². The number of carbonyl (C=O) groups excluding carboxylic acids is 2. The highest BCUT2D eigenvalue weighted by atomic mass is 16.5. The molecule has 0 unspecified atom stereocenters. The van der Waals surface area contributed by atoms with E-state index in [0.29, 0.717) is 36.9 Å². The Hall–Kier alpha value is -2.82. The Balaban J connectivity index is 1.94. The number of fused-ring (bicyclic) bond motifs is 1. The van der Waals surface area contributed by atoms with E-state index in [9.17, 15) is 9.59 Å². The third-order valence-corrected chi connectivity index (χ3v) is 6.00. The molecule has 32 heavy (non-hydrogen) atoms. The standard InChI is InChI=1S/C27H36N2O3/c1-20(2)17-23-19-32-25-14-7-6-13-24(25)27(31)28(4)15-8-5-9-16-29(23)26(30)22-12-10-11-21(3)18-22/h6-7,10-14,18,20,23H,5,8-9,15-17,19H2,1-4H3/t23-/m0/s1. The van der Waals surface area contributed by atoms with E-state index in [-0.39, 0.29) is 17.9 Å². The molecule has 1 aliphatic rings. The average Bonchev–Trinajstić information content (AvgIpc) is 2.78. The zero-order valence-corrected chi connectivity index (χ0v) is 19.8. The van der Waals surface area contributed by atoms with Gasteiger partial charge in [0, 0.05) is 25.7 Å². The number of amides is 2. The lowest BCUT2D eigenvalue weighted by Gasteiger charge is -2.33. The number of carbonyl (C=O) groups is 2. The van der Waals surface area contributed by atoms with Crippen molar-refractivity contribution in [1.29, 1.82) is 0 Å². The van der Waals surface area contributed by atoms with E-state index in [1.54, 1.807) is 4.90 Å². The van der Waals surface area contributed by atoms with E-state index >= 15 is 0 Å². The Labute approximate surface area is 192 Å². The van der Waals surface area contributed by atoms with Crippen LogP contribution in [0.3, 0.4) is 0 Å². The van der Waals surface area contributed by atoms with Gasteiger partial charge in [0.2, 0.25) is 0 Å². The lowest BCUT2D eigenvalue weighted by Crippen LogP contribution is -2.45. The highest BCUT2D eigenvalue weighted by Gasteiger charge is 2.27. The Kier molecular flexibility index (Phi) is 8.32. The summed E-state index contributed by atoms with van der Waals surface area (Å²) in [6, 6.07) is 15.2. The third kappa shape index (κ3) is 6.12. The molecule has 3 rings (SSSR count). The van der Waals surface area contributed by atoms with Crippen molar-refractivity contribution in [3.63, 3.8) is 0 Å². The molecule has 172 valence electrons. The van der Waals surface area contributed by atoms with Gasteiger partial charge in [-0.1, -0.05) is 43.7 Å². The Bertz CT molecular complexity index is 925. The van der Waals surface area contributed by atoms with Crippen LogP contribution in [0.25, 0.3) is 0 Å². The smallest absolute Gasteiger partial charge is 0.257 e. The monoisotopic (exact) mass is 436 g/mol. The number of para-hydroxylation sites is 1. The quantitative estimate of drug-likeness (QED) is 0.666. The van der Waals surface area contributed by atoms with Crippen molar-refractivity contribution >= 4 is 11.8 Å². The van der Waals surface area contributed by atoms with E-state index in [0.717, 1.165) is 36.8 Å². The number of rotatable bonds is 3. The van der Waals surface area contributed by atoms with Gasteiger partial charge in [0.05, 0.1) is 11.6 Å². The van der Waals surface area contributed by atoms with Crippen molar-refractivity contribution in [2.24, 2.45) is 5.92 Å². The van der Waals surface area contributed by atoms with Crippen LogP contribution >= 0.6 is 0 Å². The van der Waals surface area contributed by atoms with Gasteiger partial charge in [-0.25, -0.2) is 0 Å². The molecule has 0 saturated carbocycles. The molecule has 0 aromatic heterocycles. The van der Waals surface area contributed by atoms with E-state index in [1.165, 1.54) is 0 Å². The van der Waals surface area contributed by atoms with Gasteiger partial charge in [-0.2, -0.15) is 0 Å². The minimum absolute atomic E-state index is 0.0204. The zero-order valence-electron chi connectivity index (χ0n) is 19.8. The summed E-state index contributed by atoms with van der Waals surface area (Å²) in [5.41, 5.74) is 2.38. The zero-order chi connectivity index (χ0) is 23.1. The van der Waals surface area contributed by atoms with E-state index in [2.05, 4.69) is 13.8 Å². The predicted molar refractivity (Wildman–Crippen MR) is 128 cm³/mol. The molecule has 5 nitrogen and oxygen atoms in total. The van der Waals surface area contributed by atoms with Crippen LogP contribution in [0.2, 0.25) is 0 Å². The molecule has 1 heterocycles. The molecule has 5 heteroatoms. The molecule has 1 atom stereocenters. The van der Waals surface area contributed by atoms with Gasteiger partial charge in [-0.05, 0) is 62.8 Å². The molecular weight excluding hydrogens is 400 g/mol. The van der Waals surface area contributed by atoms with Gasteiger partial charge < -0.3 is 14.5 Å². The second-order valence-corrected chi connectivity index (χ2v) is 9.25. The van der Waals surface area contributed by atoms with Gasteiger partial charge in [0.25, 0.3) is 11.8 Å². The third-order valence-electron chi connectivity index (χ3n) is 6.00. The first-order valence-corrected chi connectivity index (χ1v) is 11.7. The van der Waals surface area contributed by atoms with E-state index in [4.69, 9.17) is 4.74 Å². The molecule has 1 aliphatic heterocycles. The first kappa shape index (κ1) is 23.8. The second-order valence-electron chi connectivity index (χ2n) is 9.25. The fraction of sp³-hybridized carbons (Fsp3) is 0.481. The second kappa shape index (κ2) is 11.2. The van der Waals surface area contributed by atoms with Crippen molar-refractivity contribution in [2.45, 2.75) is 52.5 Å². The lowest BCUT2D eigenvalue weighted by atomic mass is 10.0. The summed E-state index contributed by atoms with van der Waals surface area (Å²) in [5, 5.41) is 0. The van der Waals surface area contributed by atoms with Gasteiger partial charge in [0.15, 0.2) is 0 Å². The van der Waals surface area contributed by atoms with Gasteiger partial charge in [-0.3, -0.25) is 9.59 Å². The van der Waals surface area contributed by atoms with Crippen molar-refractivity contribution in [2.75, 3.05) is 26.7 Å². The Morgan fingerprint density at radius 1 is 1.06 bits per heavy atom. The number of hydrogen-bond donors (Lipinski definition) is 0. The summed E-state index contributed by atoms with van der Waals surface area (Å²) in [7, 11) is 1.84. The predicted octanol–water partition coefficient (Wildman–Crippen LogP) is 5.19. The Morgan fingerprint density at radius 2 is 1.81 bits per heavy atom. The molecule has 0 bridgehead atoms. The minimum Gasteiger partial charge on any atom is -0.491 e. The molecule has 0 fully saturated rings. The van der Waals surface area contributed by atoms with Crippen LogP contribution in [-0.2, 0) is 0 Å². The van der Waals surface area contributed by atoms with Crippen molar-refractivity contribution in [3.05, 3.63) is 65.2 Å². The summed E-state index contributed by atoms with van der Waals surface area (Å²) >= 11 is 0. The van der Waals surface area contributed by atoms with Crippen molar-refractivity contribution in [3.8, 4) is 5.75 Å². The number of aryl methyl sites for hydroxylation is 1. The molecule has 2 aromatic carbocycles. The first-order chi connectivity index (χ1) is 15.4. The molecule has 0 aliphatic carbocycles. The highest BCUT2D eigenvalue weighted by Crippen LogP contribution is 2.24. The number of benzene rings is 2. The Morgan fingerprint density at radius 3 is 2.56 bits per heavy atom. The molecule has 0 spiro atoms. The molecule has 2 aromatic rings. The maximum absolute atomic E-state index is 13.6. The molecule has 0 N–H and O–H groups in total. The van der Waals surface area contributed by atoms with Crippen LogP contribution in [0.5, 0.6) is 5.75 Å². The first-order valence-electron chi connectivity index (χ1n) is 11.7. The summed E-state index contributed by atoms with van der Waals surface area (Å²) in [5.74, 6) is 1.03. The maximum Gasteiger partial charge on any atom is 0.257 e. The molecule has 0 saturated heterocycles. The van der Waals surface area contributed by atoms with E-state index < -0.39 is 0 Å². The van der Waals surface area contributed by atoms with Crippen LogP contribution in [0.15, 0.2) is 48.5 Å². The number of nitrogens with zero attached hydrogens (tertiary/aromatic N) is 2. The lowest BCUT2D eigenvalue weighted by molar-refractivity contribution is 0.0573. The maximum atomic E-state index is 13.6. The highest BCUT2D eigenvalue weighted by molar-refractivity contribution is 5.97. The summed E-state index contributed by atoms with van der Waals surface area (Å²) < 4.78 is 6.23. The summed E-state index contributed by atoms with van der Waals surface area (Å²) in [6.45, 7) is 8.09. The normalized spacial score (nSPS) is 18.3. The van der Waals surface area contributed by atoms with Crippen LogP contribution in [0.1, 0.15) is 65.8 Å². The van der Waals surface area contributed by atoms with Crippen molar-refractivity contribution < 1.29 is 14.3 Å². The number of hydrogen-bond acceptors (Lipinski definition) is 3. The molecule has 2 amide bonds. The fourth-order valence-corrected chi connectivity index (χ4v) is 4.29. The van der Waals surface area contributed by atoms with Crippen molar-refractivity contribution in [1.82, 2.24) is 9.80 Å². The topological polar surface area (TPSA) is 49.9 Å². The molecular formula is C27H36N2O3.